The molecule has 1 heterocycles. The summed E-state index contributed by atoms with van der Waals surface area (Å²) in [7, 11) is 0. The summed E-state index contributed by atoms with van der Waals surface area (Å²) in [6.45, 7) is 4.65. The molecular weight excluding hydrogens is 202 g/mol. The van der Waals surface area contributed by atoms with Crippen LogP contribution in [0.2, 0.25) is 0 Å². The number of hydrogen-bond acceptors (Lipinski definition) is 2. The fourth-order valence-electron chi connectivity index (χ4n) is 3.17. The highest BCUT2D eigenvalue weighted by molar-refractivity contribution is 5.80. The lowest BCUT2D eigenvalue weighted by Gasteiger charge is -2.35. The number of aliphatic hydroxyl groups is 1. The van der Waals surface area contributed by atoms with Gasteiger partial charge in [-0.1, -0.05) is 19.3 Å². The van der Waals surface area contributed by atoms with E-state index < -0.39 is 0 Å². The molecule has 0 radical (unpaired) electrons. The average molecular weight is 225 g/mol. The number of β-amino-alcohol motifs (C(OH)–C–C–N with tert-alkyl or cyclic N) is 1. The summed E-state index contributed by atoms with van der Waals surface area (Å²) in [6.07, 6.45) is 6.12. The van der Waals surface area contributed by atoms with E-state index in [1.165, 1.54) is 19.3 Å². The fourth-order valence-corrected chi connectivity index (χ4v) is 3.17. The minimum atomic E-state index is -0.331. The first kappa shape index (κ1) is 11.9. The Morgan fingerprint density at radius 1 is 1.25 bits per heavy atom. The predicted molar refractivity (Wildman–Crippen MR) is 63.0 cm³/mol. The van der Waals surface area contributed by atoms with Crippen molar-refractivity contribution in [1.29, 1.82) is 0 Å². The largest absolute Gasteiger partial charge is 0.391 e. The lowest BCUT2D eigenvalue weighted by atomic mass is 9.87. The van der Waals surface area contributed by atoms with Crippen LogP contribution in [0.4, 0.5) is 0 Å². The minimum Gasteiger partial charge on any atom is -0.391 e. The second kappa shape index (κ2) is 4.36. The molecule has 1 unspecified atom stereocenters. The molecule has 1 saturated heterocycles. The summed E-state index contributed by atoms with van der Waals surface area (Å²) in [5.74, 6) is 0.500. The van der Waals surface area contributed by atoms with E-state index in [1.807, 2.05) is 4.90 Å². The maximum absolute atomic E-state index is 12.4. The Balaban J connectivity index is 2.03. The molecule has 2 aliphatic rings. The fraction of sp³-hybridized carbons (Fsp3) is 0.923. The van der Waals surface area contributed by atoms with E-state index in [4.69, 9.17) is 0 Å². The monoisotopic (exact) mass is 225 g/mol. The second-order valence-electron chi connectivity index (χ2n) is 5.95. The zero-order chi connectivity index (χ0) is 11.8. The Morgan fingerprint density at radius 3 is 2.38 bits per heavy atom. The predicted octanol–water partition coefficient (Wildman–Crippen LogP) is 1.94. The lowest BCUT2D eigenvalue weighted by molar-refractivity contribution is -0.140. The number of carbonyl (C=O) groups excluding carboxylic acids is 1. The highest BCUT2D eigenvalue weighted by atomic mass is 16.3. The summed E-state index contributed by atoms with van der Waals surface area (Å²) >= 11 is 0. The van der Waals surface area contributed by atoms with Crippen molar-refractivity contribution in [2.24, 2.45) is 5.92 Å². The topological polar surface area (TPSA) is 40.5 Å². The maximum Gasteiger partial charge on any atom is 0.226 e. The third-order valence-corrected chi connectivity index (χ3v) is 4.08. The van der Waals surface area contributed by atoms with E-state index in [9.17, 15) is 9.90 Å². The minimum absolute atomic E-state index is 0.159. The quantitative estimate of drug-likeness (QED) is 0.741. The molecule has 16 heavy (non-hydrogen) atoms. The van der Waals surface area contributed by atoms with Gasteiger partial charge < -0.3 is 10.0 Å². The van der Waals surface area contributed by atoms with Crippen molar-refractivity contribution in [2.45, 2.75) is 64.0 Å². The van der Waals surface area contributed by atoms with Gasteiger partial charge in [0.25, 0.3) is 0 Å². The van der Waals surface area contributed by atoms with Crippen LogP contribution in [0.5, 0.6) is 0 Å². The van der Waals surface area contributed by atoms with Crippen molar-refractivity contribution in [3.8, 4) is 0 Å². The molecule has 1 N–H and O–H groups in total. The Labute approximate surface area is 97.8 Å². The third kappa shape index (κ3) is 2.24. The van der Waals surface area contributed by atoms with Crippen molar-refractivity contribution in [3.05, 3.63) is 0 Å². The molecule has 0 bridgehead atoms. The van der Waals surface area contributed by atoms with Gasteiger partial charge in [-0.25, -0.2) is 0 Å². The molecule has 1 amide bonds. The van der Waals surface area contributed by atoms with Gasteiger partial charge in [-0.05, 0) is 33.1 Å². The zero-order valence-corrected chi connectivity index (χ0v) is 10.4. The summed E-state index contributed by atoms with van der Waals surface area (Å²) in [5, 5.41) is 9.69. The SMILES string of the molecule is CC1(C)CC(O)CN1C(=O)C1CCCCC1. The van der Waals surface area contributed by atoms with Gasteiger partial charge in [0.1, 0.15) is 0 Å². The molecule has 2 rings (SSSR count). The number of nitrogens with zero attached hydrogens (tertiary/aromatic N) is 1. The summed E-state index contributed by atoms with van der Waals surface area (Å²) in [5.41, 5.74) is -0.159. The average Bonchev–Trinajstić information content (AvgIpc) is 2.52. The van der Waals surface area contributed by atoms with Crippen LogP contribution in [0, 0.1) is 5.92 Å². The number of carbonyl (C=O) groups is 1. The van der Waals surface area contributed by atoms with E-state index >= 15 is 0 Å². The highest BCUT2D eigenvalue weighted by Gasteiger charge is 2.42. The molecular formula is C13H23NO2. The molecule has 1 aliphatic carbocycles. The number of hydrogen-bond donors (Lipinski definition) is 1. The van der Waals surface area contributed by atoms with E-state index in [-0.39, 0.29) is 23.5 Å². The van der Waals surface area contributed by atoms with E-state index in [0.29, 0.717) is 13.0 Å². The molecule has 3 nitrogen and oxygen atoms in total. The van der Waals surface area contributed by atoms with Crippen LogP contribution in [0.25, 0.3) is 0 Å². The van der Waals surface area contributed by atoms with E-state index in [1.54, 1.807) is 0 Å². The van der Waals surface area contributed by atoms with Crippen LogP contribution in [-0.4, -0.2) is 34.1 Å². The number of aliphatic hydroxyl groups excluding tert-OH is 1. The molecule has 0 aromatic heterocycles. The first-order valence-electron chi connectivity index (χ1n) is 6.50. The number of amides is 1. The molecule has 3 heteroatoms. The van der Waals surface area contributed by atoms with Crippen LogP contribution in [0.15, 0.2) is 0 Å². The second-order valence-corrected chi connectivity index (χ2v) is 5.95. The summed E-state index contributed by atoms with van der Waals surface area (Å²) < 4.78 is 0. The molecule has 1 aliphatic heterocycles. The molecule has 0 spiro atoms. The van der Waals surface area contributed by atoms with Gasteiger partial charge in [-0.3, -0.25) is 4.79 Å². The van der Waals surface area contributed by atoms with Gasteiger partial charge in [0.15, 0.2) is 0 Å². The highest BCUT2D eigenvalue weighted by Crippen LogP contribution is 2.33. The van der Waals surface area contributed by atoms with Crippen LogP contribution in [-0.2, 0) is 4.79 Å². The Morgan fingerprint density at radius 2 is 1.88 bits per heavy atom. The molecule has 0 aromatic rings. The standard InChI is InChI=1S/C13H23NO2/c1-13(2)8-11(15)9-14(13)12(16)10-6-4-3-5-7-10/h10-11,15H,3-9H2,1-2H3. The Bertz CT molecular complexity index is 269. The van der Waals surface area contributed by atoms with Gasteiger partial charge in [-0.2, -0.15) is 0 Å². The third-order valence-electron chi connectivity index (χ3n) is 4.08. The van der Waals surface area contributed by atoms with Crippen molar-refractivity contribution in [3.63, 3.8) is 0 Å². The van der Waals surface area contributed by atoms with Crippen LogP contribution in [0.1, 0.15) is 52.4 Å². The zero-order valence-electron chi connectivity index (χ0n) is 10.4. The summed E-state index contributed by atoms with van der Waals surface area (Å²) in [6, 6.07) is 0. The van der Waals surface area contributed by atoms with Crippen molar-refractivity contribution in [1.82, 2.24) is 4.90 Å². The van der Waals surface area contributed by atoms with E-state index in [2.05, 4.69) is 13.8 Å². The molecule has 92 valence electrons. The van der Waals surface area contributed by atoms with Gasteiger partial charge in [0.05, 0.1) is 6.10 Å². The Hall–Kier alpha value is -0.570. The smallest absolute Gasteiger partial charge is 0.226 e. The first-order chi connectivity index (χ1) is 7.50. The number of likely N-dealkylation sites (tertiary alicyclic amines) is 1. The maximum atomic E-state index is 12.4. The van der Waals surface area contributed by atoms with Crippen molar-refractivity contribution in [2.75, 3.05) is 6.54 Å². The van der Waals surface area contributed by atoms with Crippen LogP contribution >= 0.6 is 0 Å². The number of rotatable bonds is 1. The lowest BCUT2D eigenvalue weighted by Crippen LogP contribution is -2.46. The van der Waals surface area contributed by atoms with Crippen LogP contribution < -0.4 is 0 Å². The summed E-state index contributed by atoms with van der Waals surface area (Å²) in [4.78, 5) is 14.3. The van der Waals surface area contributed by atoms with Crippen molar-refractivity contribution >= 4 is 5.91 Å². The van der Waals surface area contributed by atoms with Gasteiger partial charge in [-0.15, -0.1) is 0 Å². The molecule has 2 fully saturated rings. The normalized spacial score (nSPS) is 30.7. The van der Waals surface area contributed by atoms with Gasteiger partial charge in [0.2, 0.25) is 5.91 Å². The van der Waals surface area contributed by atoms with Crippen LogP contribution in [0.3, 0.4) is 0 Å². The van der Waals surface area contributed by atoms with Gasteiger partial charge in [0, 0.05) is 18.0 Å². The molecule has 1 saturated carbocycles. The Kier molecular flexibility index (Phi) is 3.24. The van der Waals surface area contributed by atoms with Crippen molar-refractivity contribution < 1.29 is 9.90 Å². The first-order valence-corrected chi connectivity index (χ1v) is 6.50. The van der Waals surface area contributed by atoms with Gasteiger partial charge >= 0.3 is 0 Å². The molecule has 0 aromatic carbocycles. The van der Waals surface area contributed by atoms with E-state index in [0.717, 1.165) is 12.8 Å². The molecule has 1 atom stereocenters.